The lowest BCUT2D eigenvalue weighted by atomic mass is 9.99. The number of benzene rings is 1. The Balaban J connectivity index is 2.33. The quantitative estimate of drug-likeness (QED) is 0.932. The van der Waals surface area contributed by atoms with Crippen LogP contribution >= 0.6 is 23.2 Å². The Labute approximate surface area is 127 Å². The molecular formula is C14H16Cl2FN3. The van der Waals surface area contributed by atoms with Gasteiger partial charge in [0.1, 0.15) is 11.0 Å². The summed E-state index contributed by atoms with van der Waals surface area (Å²) in [6, 6.07) is 4.51. The largest absolute Gasteiger partial charge is 0.313 e. The summed E-state index contributed by atoms with van der Waals surface area (Å²) < 4.78 is 15.6. The minimum absolute atomic E-state index is 0.187. The molecule has 1 heterocycles. The normalized spacial score (nSPS) is 12.7. The molecule has 2 rings (SSSR count). The summed E-state index contributed by atoms with van der Waals surface area (Å²) in [4.78, 5) is 0. The van der Waals surface area contributed by atoms with Crippen LogP contribution in [0, 0.1) is 12.7 Å². The first-order valence-corrected chi connectivity index (χ1v) is 6.99. The van der Waals surface area contributed by atoms with Crippen molar-refractivity contribution in [3.63, 3.8) is 0 Å². The molecule has 0 saturated heterocycles. The van der Waals surface area contributed by atoms with Crippen molar-refractivity contribution in [2.45, 2.75) is 19.4 Å². The van der Waals surface area contributed by atoms with Crippen LogP contribution in [0.25, 0.3) is 0 Å². The van der Waals surface area contributed by atoms with Crippen LogP contribution in [-0.2, 0) is 13.5 Å². The fourth-order valence-corrected chi connectivity index (χ4v) is 2.67. The first-order chi connectivity index (χ1) is 9.43. The molecule has 0 aliphatic carbocycles. The number of nitrogens with one attached hydrogen (secondary N) is 1. The van der Waals surface area contributed by atoms with E-state index in [9.17, 15) is 4.39 Å². The van der Waals surface area contributed by atoms with Crippen molar-refractivity contribution < 1.29 is 4.39 Å². The molecule has 2 aromatic rings. The second kappa shape index (κ2) is 6.12. The standard InChI is InChI=1S/C14H16Cl2FN3/c1-8-11(14(16)20(3)19-8)7-13(18-2)10-5-4-9(15)6-12(10)17/h4-6,13,18H,7H2,1-3H3. The van der Waals surface area contributed by atoms with Crippen LogP contribution in [0.4, 0.5) is 4.39 Å². The van der Waals surface area contributed by atoms with Crippen LogP contribution in [-0.4, -0.2) is 16.8 Å². The molecule has 0 amide bonds. The molecule has 0 aliphatic heterocycles. The fraction of sp³-hybridized carbons (Fsp3) is 0.357. The molecule has 1 atom stereocenters. The van der Waals surface area contributed by atoms with Gasteiger partial charge in [-0.15, -0.1) is 0 Å². The van der Waals surface area contributed by atoms with Crippen LogP contribution in [0.1, 0.15) is 22.9 Å². The van der Waals surface area contributed by atoms with E-state index in [2.05, 4.69) is 10.4 Å². The Morgan fingerprint density at radius 2 is 2.10 bits per heavy atom. The molecule has 1 aromatic carbocycles. The van der Waals surface area contributed by atoms with Gasteiger partial charge in [0.15, 0.2) is 0 Å². The second-order valence-electron chi connectivity index (χ2n) is 4.69. The molecule has 1 unspecified atom stereocenters. The molecule has 0 fully saturated rings. The van der Waals surface area contributed by atoms with Gasteiger partial charge in [-0.3, -0.25) is 4.68 Å². The summed E-state index contributed by atoms with van der Waals surface area (Å²) in [5.41, 5.74) is 2.34. The number of likely N-dealkylation sites (N-methyl/N-ethyl adjacent to an activating group) is 1. The highest BCUT2D eigenvalue weighted by molar-refractivity contribution is 6.30. The molecule has 1 N–H and O–H groups in total. The Kier molecular flexibility index (Phi) is 4.68. The zero-order valence-corrected chi connectivity index (χ0v) is 13.1. The first-order valence-electron chi connectivity index (χ1n) is 6.24. The molecule has 108 valence electrons. The Hall–Kier alpha value is -1.10. The van der Waals surface area contributed by atoms with E-state index in [1.807, 2.05) is 6.92 Å². The number of hydrogen-bond donors (Lipinski definition) is 1. The molecule has 6 heteroatoms. The Morgan fingerprint density at radius 3 is 2.60 bits per heavy atom. The summed E-state index contributed by atoms with van der Waals surface area (Å²) in [7, 11) is 3.58. The first kappa shape index (κ1) is 15.3. The molecule has 0 bridgehead atoms. The number of hydrogen-bond acceptors (Lipinski definition) is 2. The molecule has 0 radical (unpaired) electrons. The van der Waals surface area contributed by atoms with E-state index in [0.29, 0.717) is 22.2 Å². The highest BCUT2D eigenvalue weighted by atomic mass is 35.5. The number of aryl methyl sites for hydroxylation is 2. The fourth-order valence-electron chi connectivity index (χ4n) is 2.26. The SMILES string of the molecule is CNC(Cc1c(C)nn(C)c1Cl)c1ccc(Cl)cc1F. The summed E-state index contributed by atoms with van der Waals surface area (Å²) in [5.74, 6) is -0.325. The number of halogens is 3. The molecule has 20 heavy (non-hydrogen) atoms. The number of aromatic nitrogens is 2. The minimum Gasteiger partial charge on any atom is -0.313 e. The zero-order chi connectivity index (χ0) is 14.9. The predicted molar refractivity (Wildman–Crippen MR) is 79.9 cm³/mol. The summed E-state index contributed by atoms with van der Waals surface area (Å²) in [6.07, 6.45) is 0.563. The van der Waals surface area contributed by atoms with Crippen LogP contribution in [0.15, 0.2) is 18.2 Å². The van der Waals surface area contributed by atoms with Gasteiger partial charge in [0.25, 0.3) is 0 Å². The lowest BCUT2D eigenvalue weighted by Gasteiger charge is -2.17. The molecule has 0 spiro atoms. The lowest BCUT2D eigenvalue weighted by molar-refractivity contribution is 0.533. The highest BCUT2D eigenvalue weighted by Gasteiger charge is 2.20. The highest BCUT2D eigenvalue weighted by Crippen LogP contribution is 2.28. The molecule has 1 aromatic heterocycles. The third-order valence-electron chi connectivity index (χ3n) is 3.36. The average molecular weight is 316 g/mol. The van der Waals surface area contributed by atoms with E-state index in [1.165, 1.54) is 6.07 Å². The van der Waals surface area contributed by atoms with Crippen molar-refractivity contribution >= 4 is 23.2 Å². The van der Waals surface area contributed by atoms with Gasteiger partial charge in [0.05, 0.1) is 5.69 Å². The summed E-state index contributed by atoms with van der Waals surface area (Å²) in [5, 5.41) is 8.35. The van der Waals surface area contributed by atoms with Crippen molar-refractivity contribution in [1.29, 1.82) is 0 Å². The van der Waals surface area contributed by atoms with E-state index in [-0.39, 0.29) is 11.9 Å². The lowest BCUT2D eigenvalue weighted by Crippen LogP contribution is -2.20. The smallest absolute Gasteiger partial charge is 0.130 e. The van der Waals surface area contributed by atoms with Crippen LogP contribution < -0.4 is 5.32 Å². The summed E-state index contributed by atoms with van der Waals surface area (Å²) >= 11 is 12.0. The van der Waals surface area contributed by atoms with Gasteiger partial charge in [-0.1, -0.05) is 29.3 Å². The minimum atomic E-state index is -0.325. The van der Waals surface area contributed by atoms with Gasteiger partial charge in [0.2, 0.25) is 0 Å². The molecule has 0 saturated carbocycles. The molecular weight excluding hydrogens is 300 g/mol. The van der Waals surface area contributed by atoms with Gasteiger partial charge in [-0.05, 0) is 32.5 Å². The van der Waals surface area contributed by atoms with Crippen LogP contribution in [0.2, 0.25) is 10.2 Å². The Bertz CT molecular complexity index is 625. The van der Waals surface area contributed by atoms with E-state index >= 15 is 0 Å². The number of nitrogens with zero attached hydrogens (tertiary/aromatic N) is 2. The van der Waals surface area contributed by atoms with Gasteiger partial charge >= 0.3 is 0 Å². The maximum absolute atomic E-state index is 14.0. The van der Waals surface area contributed by atoms with Gasteiger partial charge < -0.3 is 5.32 Å². The Morgan fingerprint density at radius 1 is 1.40 bits per heavy atom. The third kappa shape index (κ3) is 2.97. The topological polar surface area (TPSA) is 29.9 Å². The molecule has 0 aliphatic rings. The van der Waals surface area contributed by atoms with E-state index in [1.54, 1.807) is 30.9 Å². The average Bonchev–Trinajstić information content (AvgIpc) is 2.62. The van der Waals surface area contributed by atoms with Gasteiger partial charge in [-0.25, -0.2) is 4.39 Å². The second-order valence-corrected chi connectivity index (χ2v) is 5.48. The predicted octanol–water partition coefficient (Wildman–Crippen LogP) is 3.68. The van der Waals surface area contributed by atoms with Crippen LogP contribution in [0.5, 0.6) is 0 Å². The van der Waals surface area contributed by atoms with E-state index < -0.39 is 0 Å². The van der Waals surface area contributed by atoms with Crippen molar-refractivity contribution in [2.75, 3.05) is 7.05 Å². The molecule has 3 nitrogen and oxygen atoms in total. The zero-order valence-electron chi connectivity index (χ0n) is 11.5. The van der Waals surface area contributed by atoms with E-state index in [0.717, 1.165) is 11.3 Å². The van der Waals surface area contributed by atoms with Crippen molar-refractivity contribution in [3.05, 3.63) is 51.0 Å². The van der Waals surface area contributed by atoms with E-state index in [4.69, 9.17) is 23.2 Å². The van der Waals surface area contributed by atoms with Gasteiger partial charge in [-0.2, -0.15) is 5.10 Å². The van der Waals surface area contributed by atoms with Crippen LogP contribution in [0.3, 0.4) is 0 Å². The monoisotopic (exact) mass is 315 g/mol. The maximum atomic E-state index is 14.0. The number of rotatable bonds is 4. The maximum Gasteiger partial charge on any atom is 0.130 e. The summed E-state index contributed by atoms with van der Waals surface area (Å²) in [6.45, 7) is 1.89. The van der Waals surface area contributed by atoms with Crippen molar-refractivity contribution in [2.24, 2.45) is 7.05 Å². The van der Waals surface area contributed by atoms with Crippen molar-refractivity contribution in [3.8, 4) is 0 Å². The van der Waals surface area contributed by atoms with Crippen molar-refractivity contribution in [1.82, 2.24) is 15.1 Å². The third-order valence-corrected chi connectivity index (χ3v) is 4.07. The van der Waals surface area contributed by atoms with Gasteiger partial charge in [0, 0.05) is 29.2 Å².